The number of rotatable bonds is 3. The Balaban J connectivity index is 1.59. The van der Waals surface area contributed by atoms with Gasteiger partial charge in [-0.2, -0.15) is 0 Å². The Kier molecular flexibility index (Phi) is 5.98. The molecule has 3 rings (SSSR count). The first-order valence-electron chi connectivity index (χ1n) is 8.96. The zero-order chi connectivity index (χ0) is 19.6. The van der Waals surface area contributed by atoms with Gasteiger partial charge in [0, 0.05) is 44.3 Å². The number of benzene rings is 1. The summed E-state index contributed by atoms with van der Waals surface area (Å²) in [7, 11) is -1.33. The molecule has 0 aliphatic carbocycles. The summed E-state index contributed by atoms with van der Waals surface area (Å²) >= 11 is 12.5. The number of carbonyl (C=O) groups excluding carboxylic acids is 1. The van der Waals surface area contributed by atoms with Gasteiger partial charge in [0.1, 0.15) is 0 Å². The topological polar surface area (TPSA) is 48.5 Å². The molecular weight excluding hydrogens is 399 g/mol. The summed E-state index contributed by atoms with van der Waals surface area (Å²) in [5.41, 5.74) is 1.61. The van der Waals surface area contributed by atoms with Crippen LogP contribution in [0.4, 0.5) is 16.2 Å². The molecule has 2 amide bonds. The van der Waals surface area contributed by atoms with Gasteiger partial charge in [-0.1, -0.05) is 60.2 Å². The van der Waals surface area contributed by atoms with E-state index in [4.69, 9.17) is 23.2 Å². The highest BCUT2D eigenvalue weighted by molar-refractivity contribution is 6.88. The number of anilines is 2. The monoisotopic (exact) mass is 422 g/mol. The second-order valence-corrected chi connectivity index (χ2v) is 13.6. The molecule has 5 nitrogen and oxygen atoms in total. The Morgan fingerprint density at radius 1 is 1.00 bits per heavy atom. The predicted octanol–water partition coefficient (Wildman–Crippen LogP) is 4.29. The quantitative estimate of drug-likeness (QED) is 0.750. The number of urea groups is 1. The maximum absolute atomic E-state index is 12.6. The van der Waals surface area contributed by atoms with Crippen molar-refractivity contribution >= 4 is 53.9 Å². The molecule has 1 N–H and O–H groups in total. The Bertz CT molecular complexity index is 795. The van der Waals surface area contributed by atoms with Gasteiger partial charge >= 0.3 is 6.03 Å². The second kappa shape index (κ2) is 8.08. The first-order valence-corrected chi connectivity index (χ1v) is 13.2. The van der Waals surface area contributed by atoms with Crippen LogP contribution >= 0.6 is 23.2 Å². The van der Waals surface area contributed by atoms with Crippen LogP contribution < -0.4 is 15.4 Å². The van der Waals surface area contributed by atoms with Gasteiger partial charge in [-0.05, 0) is 12.1 Å². The third-order valence-electron chi connectivity index (χ3n) is 4.71. The van der Waals surface area contributed by atoms with Crippen LogP contribution in [0.5, 0.6) is 0 Å². The van der Waals surface area contributed by atoms with Crippen molar-refractivity contribution in [1.82, 2.24) is 9.88 Å². The fourth-order valence-corrected chi connectivity index (χ4v) is 4.87. The molecule has 1 aliphatic heterocycles. The van der Waals surface area contributed by atoms with Crippen molar-refractivity contribution in [2.75, 3.05) is 36.4 Å². The molecular formula is C19H24Cl2N4OSi. The van der Waals surface area contributed by atoms with Crippen molar-refractivity contribution in [3.63, 3.8) is 0 Å². The maximum Gasteiger partial charge on any atom is 0.321 e. The number of pyridine rings is 1. The molecule has 1 aromatic carbocycles. The molecule has 1 aromatic heterocycles. The van der Waals surface area contributed by atoms with Gasteiger partial charge in [0.15, 0.2) is 0 Å². The number of amides is 2. The highest BCUT2D eigenvalue weighted by Gasteiger charge is 2.24. The van der Waals surface area contributed by atoms with E-state index in [-0.39, 0.29) is 6.03 Å². The number of hydrogen-bond acceptors (Lipinski definition) is 3. The van der Waals surface area contributed by atoms with Crippen LogP contribution in [0.2, 0.25) is 29.7 Å². The van der Waals surface area contributed by atoms with E-state index in [1.807, 2.05) is 17.0 Å². The Morgan fingerprint density at radius 3 is 2.07 bits per heavy atom. The van der Waals surface area contributed by atoms with E-state index in [1.165, 1.54) is 5.19 Å². The van der Waals surface area contributed by atoms with E-state index in [0.29, 0.717) is 36.2 Å². The summed E-state index contributed by atoms with van der Waals surface area (Å²) in [6, 6.07) is 8.12. The maximum atomic E-state index is 12.6. The lowest BCUT2D eigenvalue weighted by molar-refractivity contribution is 0.208. The van der Waals surface area contributed by atoms with E-state index in [1.54, 1.807) is 12.4 Å². The summed E-state index contributed by atoms with van der Waals surface area (Å²) in [5, 5.41) is 5.43. The van der Waals surface area contributed by atoms with Gasteiger partial charge in [0.05, 0.1) is 23.8 Å². The molecule has 1 saturated heterocycles. The van der Waals surface area contributed by atoms with Gasteiger partial charge in [-0.15, -0.1) is 0 Å². The van der Waals surface area contributed by atoms with Crippen molar-refractivity contribution in [3.05, 3.63) is 46.7 Å². The van der Waals surface area contributed by atoms with Gasteiger partial charge in [-0.25, -0.2) is 4.79 Å². The van der Waals surface area contributed by atoms with Crippen LogP contribution in [0.3, 0.4) is 0 Å². The van der Waals surface area contributed by atoms with E-state index in [0.717, 1.165) is 11.4 Å². The average molecular weight is 423 g/mol. The van der Waals surface area contributed by atoms with E-state index >= 15 is 0 Å². The minimum absolute atomic E-state index is 0.0812. The molecule has 0 radical (unpaired) electrons. The van der Waals surface area contributed by atoms with Crippen molar-refractivity contribution < 1.29 is 4.79 Å². The number of nitrogens with zero attached hydrogens (tertiary/aromatic N) is 3. The van der Waals surface area contributed by atoms with Crippen molar-refractivity contribution in [1.29, 1.82) is 0 Å². The van der Waals surface area contributed by atoms with Gasteiger partial charge in [0.2, 0.25) is 0 Å². The number of nitrogens with one attached hydrogen (secondary N) is 1. The SMILES string of the molecule is C[Si](C)(C)c1ccc(NC(=O)N2CCN(c3c(Cl)cncc3Cl)CC2)cc1. The summed E-state index contributed by atoms with van der Waals surface area (Å²) in [6.45, 7) is 9.47. The molecule has 2 aromatic rings. The largest absolute Gasteiger partial charge is 0.365 e. The Labute approximate surface area is 171 Å². The molecule has 0 saturated carbocycles. The zero-order valence-electron chi connectivity index (χ0n) is 15.8. The van der Waals surface area contributed by atoms with E-state index in [9.17, 15) is 4.79 Å². The molecule has 1 fully saturated rings. The first-order chi connectivity index (χ1) is 12.8. The molecule has 2 heterocycles. The standard InChI is InChI=1S/C19H24Cl2N4OSi/c1-27(2,3)15-6-4-14(5-7-15)23-19(26)25-10-8-24(9-11-25)18-16(20)12-22-13-17(18)21/h4-7,12-13H,8-11H2,1-3H3,(H,23,26). The number of halogens is 2. The smallest absolute Gasteiger partial charge is 0.321 e. The second-order valence-electron chi connectivity index (χ2n) is 7.68. The molecule has 0 spiro atoms. The fourth-order valence-electron chi connectivity index (χ4n) is 3.10. The summed E-state index contributed by atoms with van der Waals surface area (Å²) in [5.74, 6) is 0. The van der Waals surface area contributed by atoms with Gasteiger partial charge in [0.25, 0.3) is 0 Å². The Hall–Kier alpha value is -1.76. The van der Waals surface area contributed by atoms with Crippen molar-refractivity contribution in [2.45, 2.75) is 19.6 Å². The molecule has 0 atom stereocenters. The van der Waals surface area contributed by atoms with Gasteiger partial charge in [-0.3, -0.25) is 4.98 Å². The lowest BCUT2D eigenvalue weighted by atomic mass is 10.2. The van der Waals surface area contributed by atoms with Crippen molar-refractivity contribution in [2.24, 2.45) is 0 Å². The number of carbonyl (C=O) groups is 1. The van der Waals surface area contributed by atoms with Crippen LogP contribution in [0, 0.1) is 0 Å². The molecule has 0 unspecified atom stereocenters. The molecule has 144 valence electrons. The lowest BCUT2D eigenvalue weighted by Crippen LogP contribution is -2.50. The molecule has 1 aliphatic rings. The van der Waals surface area contributed by atoms with Crippen LogP contribution in [-0.2, 0) is 0 Å². The van der Waals surface area contributed by atoms with Crippen LogP contribution in [0.25, 0.3) is 0 Å². The molecule has 8 heteroatoms. The number of aromatic nitrogens is 1. The fraction of sp³-hybridized carbons (Fsp3) is 0.368. The lowest BCUT2D eigenvalue weighted by Gasteiger charge is -2.36. The van der Waals surface area contributed by atoms with Crippen molar-refractivity contribution in [3.8, 4) is 0 Å². The van der Waals surface area contributed by atoms with Crippen LogP contribution in [-0.4, -0.2) is 50.2 Å². The summed E-state index contributed by atoms with van der Waals surface area (Å²) in [4.78, 5) is 20.5. The summed E-state index contributed by atoms with van der Waals surface area (Å²) < 4.78 is 0. The minimum Gasteiger partial charge on any atom is -0.365 e. The van der Waals surface area contributed by atoms with Crippen LogP contribution in [0.1, 0.15) is 0 Å². The first kappa shape index (κ1) is 20.0. The summed E-state index contributed by atoms with van der Waals surface area (Å²) in [6.07, 6.45) is 3.18. The normalized spacial score (nSPS) is 15.0. The van der Waals surface area contributed by atoms with Gasteiger partial charge < -0.3 is 15.1 Å². The number of piperazine rings is 1. The third-order valence-corrected chi connectivity index (χ3v) is 7.33. The number of hydrogen-bond donors (Lipinski definition) is 1. The average Bonchev–Trinajstić information content (AvgIpc) is 2.62. The Morgan fingerprint density at radius 2 is 1.56 bits per heavy atom. The van der Waals surface area contributed by atoms with Crippen LogP contribution in [0.15, 0.2) is 36.7 Å². The van der Waals surface area contributed by atoms with E-state index < -0.39 is 8.07 Å². The highest BCUT2D eigenvalue weighted by atomic mass is 35.5. The predicted molar refractivity (Wildman–Crippen MR) is 116 cm³/mol. The molecule has 0 bridgehead atoms. The zero-order valence-corrected chi connectivity index (χ0v) is 18.3. The highest BCUT2D eigenvalue weighted by Crippen LogP contribution is 2.33. The molecule has 27 heavy (non-hydrogen) atoms. The third kappa shape index (κ3) is 4.75. The van der Waals surface area contributed by atoms with E-state index in [2.05, 4.69) is 47.0 Å². The minimum atomic E-state index is -1.33.